The largest absolute Gasteiger partial charge is 0.460 e. The molecule has 5 atom stereocenters. The number of para-hydroxylation sites is 1. The molecule has 1 aromatic heterocycles. The molecular weight excluding hydrogens is 486 g/mol. The summed E-state index contributed by atoms with van der Waals surface area (Å²) in [7, 11) is 0. The Hall–Kier alpha value is -3.24. The highest BCUT2D eigenvalue weighted by atomic mass is 35.5. The zero-order valence-electron chi connectivity index (χ0n) is 18.9. The van der Waals surface area contributed by atoms with Crippen LogP contribution in [0, 0.1) is 0 Å². The number of hydrogen-bond donors (Lipinski definition) is 4. The minimum Gasteiger partial charge on any atom is -0.460 e. The first-order valence-corrected chi connectivity index (χ1v) is 11.7. The fourth-order valence-corrected chi connectivity index (χ4v) is 4.54. The molecule has 0 amide bonds. The van der Waals surface area contributed by atoms with Crippen molar-refractivity contribution >= 4 is 28.3 Å². The highest BCUT2D eigenvalue weighted by molar-refractivity contribution is 6.31. The number of fused-ring (bicyclic) bond motifs is 1. The van der Waals surface area contributed by atoms with Gasteiger partial charge in [0.15, 0.2) is 5.78 Å². The van der Waals surface area contributed by atoms with Gasteiger partial charge >= 0.3 is 0 Å². The van der Waals surface area contributed by atoms with Gasteiger partial charge in [0.1, 0.15) is 30.2 Å². The molecule has 4 N–H and O–H groups in total. The highest BCUT2D eigenvalue weighted by Crippen LogP contribution is 2.36. The third-order valence-electron chi connectivity index (χ3n) is 6.27. The first kappa shape index (κ1) is 24.5. The molecule has 4 aromatic rings. The van der Waals surface area contributed by atoms with Crippen LogP contribution in [0.15, 0.2) is 79.0 Å². The van der Waals surface area contributed by atoms with E-state index in [2.05, 4.69) is 0 Å². The fraction of sp³-hybridized carbons (Fsp3) is 0.222. The van der Waals surface area contributed by atoms with Crippen molar-refractivity contribution in [2.24, 2.45) is 0 Å². The predicted molar refractivity (Wildman–Crippen MR) is 133 cm³/mol. The SMILES string of the molecule is O=C(c1ccccc1)c1ccccc1-n1cc(O[C@@H]2O[C@@H](CO)[C@H](O)[C@@H](O)[C@@H]2O)c2ccc(Cl)cc21. The molecule has 0 spiro atoms. The first-order chi connectivity index (χ1) is 17.4. The lowest BCUT2D eigenvalue weighted by Crippen LogP contribution is -2.60. The zero-order valence-corrected chi connectivity index (χ0v) is 19.7. The summed E-state index contributed by atoms with van der Waals surface area (Å²) in [6.45, 7) is -0.572. The number of benzene rings is 3. The number of nitrogens with zero attached hydrogens (tertiary/aromatic N) is 1. The van der Waals surface area contributed by atoms with Crippen molar-refractivity contribution < 1.29 is 34.7 Å². The minimum atomic E-state index is -1.58. The Morgan fingerprint density at radius 2 is 1.67 bits per heavy atom. The Morgan fingerprint density at radius 1 is 0.944 bits per heavy atom. The van der Waals surface area contributed by atoms with Crippen LogP contribution in [0.1, 0.15) is 15.9 Å². The van der Waals surface area contributed by atoms with Crippen LogP contribution in [0.5, 0.6) is 5.75 Å². The van der Waals surface area contributed by atoms with Gasteiger partial charge in [-0.05, 0) is 30.3 Å². The molecule has 36 heavy (non-hydrogen) atoms. The predicted octanol–water partition coefficient (Wildman–Crippen LogP) is 2.69. The minimum absolute atomic E-state index is 0.161. The van der Waals surface area contributed by atoms with Gasteiger partial charge in [-0.25, -0.2) is 0 Å². The summed E-state index contributed by atoms with van der Waals surface area (Å²) in [5.74, 6) is 0.124. The molecule has 5 rings (SSSR count). The number of aromatic nitrogens is 1. The van der Waals surface area contributed by atoms with Gasteiger partial charge < -0.3 is 34.5 Å². The van der Waals surface area contributed by atoms with Crippen LogP contribution in [0.3, 0.4) is 0 Å². The van der Waals surface area contributed by atoms with E-state index in [0.717, 1.165) is 0 Å². The number of hydrogen-bond acceptors (Lipinski definition) is 7. The second-order valence-electron chi connectivity index (χ2n) is 8.55. The third-order valence-corrected chi connectivity index (χ3v) is 6.50. The smallest absolute Gasteiger partial charge is 0.229 e. The van der Waals surface area contributed by atoms with E-state index in [1.165, 1.54) is 0 Å². The molecule has 1 fully saturated rings. The molecule has 2 heterocycles. The highest BCUT2D eigenvalue weighted by Gasteiger charge is 2.45. The van der Waals surface area contributed by atoms with Gasteiger partial charge in [-0.15, -0.1) is 0 Å². The lowest BCUT2D eigenvalue weighted by atomic mass is 9.99. The van der Waals surface area contributed by atoms with Gasteiger partial charge in [0.05, 0.1) is 24.0 Å². The number of carbonyl (C=O) groups excluding carboxylic acids is 1. The van der Waals surface area contributed by atoms with E-state index >= 15 is 0 Å². The molecule has 1 aliphatic heterocycles. The van der Waals surface area contributed by atoms with Crippen molar-refractivity contribution in [3.8, 4) is 11.4 Å². The summed E-state index contributed by atoms with van der Waals surface area (Å²) >= 11 is 6.30. The number of carbonyl (C=O) groups is 1. The van der Waals surface area contributed by atoms with Crippen molar-refractivity contribution in [3.05, 3.63) is 95.1 Å². The number of aliphatic hydroxyl groups is 4. The zero-order chi connectivity index (χ0) is 25.4. The molecular formula is C27H24ClNO7. The molecule has 0 saturated carbocycles. The van der Waals surface area contributed by atoms with Crippen molar-refractivity contribution in [2.75, 3.05) is 6.61 Å². The molecule has 8 nitrogen and oxygen atoms in total. The molecule has 0 unspecified atom stereocenters. The number of ketones is 1. The quantitative estimate of drug-likeness (QED) is 0.295. The molecule has 9 heteroatoms. The summed E-state index contributed by atoms with van der Waals surface area (Å²) in [4.78, 5) is 13.3. The molecule has 0 radical (unpaired) electrons. The normalized spacial score (nSPS) is 24.1. The van der Waals surface area contributed by atoms with Crippen LogP contribution in [-0.2, 0) is 4.74 Å². The maximum absolute atomic E-state index is 13.3. The second kappa shape index (κ2) is 10.0. The van der Waals surface area contributed by atoms with Gasteiger partial charge in [-0.3, -0.25) is 4.79 Å². The van der Waals surface area contributed by atoms with Crippen LogP contribution in [0.2, 0.25) is 5.02 Å². The van der Waals surface area contributed by atoms with Crippen molar-refractivity contribution in [3.63, 3.8) is 0 Å². The van der Waals surface area contributed by atoms with E-state index in [4.69, 9.17) is 21.1 Å². The van der Waals surface area contributed by atoms with Crippen LogP contribution in [-0.4, -0.2) is 68.1 Å². The van der Waals surface area contributed by atoms with Crippen molar-refractivity contribution in [2.45, 2.75) is 30.7 Å². The number of aliphatic hydroxyl groups excluding tert-OH is 4. The van der Waals surface area contributed by atoms with E-state index in [9.17, 15) is 25.2 Å². The third kappa shape index (κ3) is 4.39. The van der Waals surface area contributed by atoms with Gasteiger partial charge in [0.25, 0.3) is 0 Å². The van der Waals surface area contributed by atoms with Crippen LogP contribution in [0.25, 0.3) is 16.6 Å². The molecule has 186 valence electrons. The number of ether oxygens (including phenoxy) is 2. The summed E-state index contributed by atoms with van der Waals surface area (Å²) in [5.41, 5.74) is 2.22. The van der Waals surface area contributed by atoms with Crippen LogP contribution in [0.4, 0.5) is 0 Å². The van der Waals surface area contributed by atoms with E-state index in [1.54, 1.807) is 71.4 Å². The fourth-order valence-electron chi connectivity index (χ4n) is 4.37. The van der Waals surface area contributed by atoms with Gasteiger partial charge in [0, 0.05) is 21.5 Å². The van der Waals surface area contributed by atoms with E-state index < -0.39 is 37.3 Å². The van der Waals surface area contributed by atoms with Gasteiger partial charge in [-0.2, -0.15) is 0 Å². The summed E-state index contributed by atoms with van der Waals surface area (Å²) in [5, 5.41) is 41.2. The monoisotopic (exact) mass is 509 g/mol. The average molecular weight is 510 g/mol. The molecule has 1 saturated heterocycles. The Labute approximate surface area is 211 Å². The van der Waals surface area contributed by atoms with Crippen LogP contribution < -0.4 is 4.74 Å². The van der Waals surface area contributed by atoms with E-state index in [1.807, 2.05) is 12.1 Å². The van der Waals surface area contributed by atoms with E-state index in [-0.39, 0.29) is 11.5 Å². The van der Waals surface area contributed by atoms with Crippen molar-refractivity contribution in [1.29, 1.82) is 0 Å². The Morgan fingerprint density at radius 3 is 2.42 bits per heavy atom. The Bertz CT molecular complexity index is 1390. The van der Waals surface area contributed by atoms with Crippen molar-refractivity contribution in [1.82, 2.24) is 4.57 Å². The lowest BCUT2D eigenvalue weighted by molar-refractivity contribution is -0.277. The van der Waals surface area contributed by atoms with Crippen LogP contribution >= 0.6 is 11.6 Å². The van der Waals surface area contributed by atoms with E-state index in [0.29, 0.717) is 32.7 Å². The standard InChI is InChI=1S/C27H24ClNO7/c28-16-10-11-17-20(12-16)29(13-21(17)35-27-26(34)25(33)24(32)22(14-30)36-27)19-9-5-4-8-18(19)23(31)15-6-2-1-3-7-15/h1-13,22,24-27,30,32-34H,14H2/t22-,24-,25+,26-,27+/m0/s1. The number of rotatable bonds is 6. The first-order valence-electron chi connectivity index (χ1n) is 11.4. The molecule has 1 aliphatic rings. The Kier molecular flexibility index (Phi) is 6.81. The topological polar surface area (TPSA) is 121 Å². The average Bonchev–Trinajstić information content (AvgIpc) is 3.26. The summed E-state index contributed by atoms with van der Waals surface area (Å²) in [6.07, 6.45) is -5.48. The number of halogens is 1. The van der Waals surface area contributed by atoms with Gasteiger partial charge in [0.2, 0.25) is 6.29 Å². The van der Waals surface area contributed by atoms with Gasteiger partial charge in [-0.1, -0.05) is 54.1 Å². The maximum Gasteiger partial charge on any atom is 0.229 e. The maximum atomic E-state index is 13.3. The summed E-state index contributed by atoms with van der Waals surface area (Å²) < 4.78 is 13.2. The Balaban J connectivity index is 1.59. The summed E-state index contributed by atoms with van der Waals surface area (Å²) in [6, 6.07) is 21.2. The molecule has 3 aromatic carbocycles. The molecule has 0 bridgehead atoms. The second-order valence-corrected chi connectivity index (χ2v) is 8.99. The lowest BCUT2D eigenvalue weighted by Gasteiger charge is -2.39. The molecule has 0 aliphatic carbocycles.